The van der Waals surface area contributed by atoms with Gasteiger partial charge >= 0.3 is 11.9 Å². The number of rotatable bonds is 6. The second-order valence-corrected chi connectivity index (χ2v) is 5.03. The molecule has 2 rings (SSSR count). The van der Waals surface area contributed by atoms with E-state index in [1.165, 1.54) is 30.7 Å². The van der Waals surface area contributed by atoms with Gasteiger partial charge < -0.3 is 21.7 Å². The maximum absolute atomic E-state index is 10.7. The van der Waals surface area contributed by atoms with E-state index >= 15 is 0 Å². The van der Waals surface area contributed by atoms with E-state index in [-0.39, 0.29) is 11.1 Å². The average molecular weight is 318 g/mol. The number of hydrogen-bond acceptors (Lipinski definition) is 4. The van der Waals surface area contributed by atoms with Crippen molar-refractivity contribution in [2.45, 2.75) is 19.3 Å². The van der Waals surface area contributed by atoms with Gasteiger partial charge in [-0.05, 0) is 61.0 Å². The minimum atomic E-state index is -0.996. The summed E-state index contributed by atoms with van der Waals surface area (Å²) in [5, 5.41) is 19.0. The third-order valence-electron chi connectivity index (χ3n) is 3.24. The van der Waals surface area contributed by atoms with E-state index in [0.29, 0.717) is 10.8 Å². The fourth-order valence-corrected chi connectivity index (χ4v) is 1.98. The van der Waals surface area contributed by atoms with Crippen LogP contribution in [0.1, 0.15) is 40.0 Å². The maximum Gasteiger partial charge on any atom is 0.335 e. The number of benzene rings is 2. The summed E-state index contributed by atoms with van der Waals surface area (Å²) in [6.07, 6.45) is 3.43. The van der Waals surface area contributed by atoms with Crippen molar-refractivity contribution in [3.05, 3.63) is 47.5 Å². The lowest BCUT2D eigenvalue weighted by Gasteiger charge is -2.01. The molecule has 0 heterocycles. The Morgan fingerprint density at radius 3 is 1.43 bits per heavy atom. The minimum Gasteiger partial charge on any atom is -0.478 e. The Labute approximate surface area is 134 Å². The van der Waals surface area contributed by atoms with Crippen LogP contribution in [0, 0.1) is 0 Å². The zero-order valence-electron chi connectivity index (χ0n) is 12.9. The van der Waals surface area contributed by atoms with Crippen molar-refractivity contribution in [1.82, 2.24) is 0 Å². The summed E-state index contributed by atoms with van der Waals surface area (Å²) in [6.45, 7) is 1.61. The molecular weight excluding hydrogens is 296 g/mol. The summed E-state index contributed by atoms with van der Waals surface area (Å²) in [7, 11) is 0. The Bertz CT molecular complexity index is 613. The molecule has 0 saturated heterocycles. The van der Waals surface area contributed by atoms with Crippen molar-refractivity contribution in [2.24, 2.45) is 11.5 Å². The van der Waals surface area contributed by atoms with Gasteiger partial charge in [-0.3, -0.25) is 0 Å². The summed E-state index contributed by atoms with van der Waals surface area (Å²) < 4.78 is 0. The highest BCUT2D eigenvalue weighted by Crippen LogP contribution is 2.18. The quantitative estimate of drug-likeness (QED) is 0.605. The second-order valence-electron chi connectivity index (χ2n) is 5.03. The fraction of sp³-hybridized carbons (Fsp3) is 0.294. The Kier molecular flexibility index (Phi) is 7.73. The number of fused-ring (bicyclic) bond motifs is 1. The average Bonchev–Trinajstić information content (AvgIpc) is 2.54. The third-order valence-corrected chi connectivity index (χ3v) is 3.24. The molecule has 0 saturated carbocycles. The number of carboxylic acids is 2. The van der Waals surface area contributed by atoms with Crippen LogP contribution in [0.15, 0.2) is 36.4 Å². The number of carbonyl (C=O) groups is 2. The Balaban J connectivity index is 0.000000322. The van der Waals surface area contributed by atoms with Gasteiger partial charge in [0.2, 0.25) is 0 Å². The highest BCUT2D eigenvalue weighted by molar-refractivity contribution is 5.97. The number of nitrogens with two attached hydrogens (primary N) is 2. The molecule has 124 valence electrons. The SMILES string of the molecule is NCCCCCN.O=C(O)c1ccc2cc(C(=O)O)ccc2c1. The van der Waals surface area contributed by atoms with Crippen LogP contribution in [0.4, 0.5) is 0 Å². The molecule has 0 aliphatic carbocycles. The van der Waals surface area contributed by atoms with E-state index in [1.54, 1.807) is 12.1 Å². The van der Waals surface area contributed by atoms with Gasteiger partial charge in [-0.2, -0.15) is 0 Å². The smallest absolute Gasteiger partial charge is 0.335 e. The van der Waals surface area contributed by atoms with Crippen molar-refractivity contribution in [3.8, 4) is 0 Å². The molecule has 6 heteroatoms. The van der Waals surface area contributed by atoms with Crippen molar-refractivity contribution < 1.29 is 19.8 Å². The molecule has 23 heavy (non-hydrogen) atoms. The van der Waals surface area contributed by atoms with Gasteiger partial charge in [-0.25, -0.2) is 9.59 Å². The van der Waals surface area contributed by atoms with E-state index in [2.05, 4.69) is 0 Å². The molecule has 0 aliphatic rings. The van der Waals surface area contributed by atoms with E-state index in [1.807, 2.05) is 0 Å². The van der Waals surface area contributed by atoms with Crippen LogP contribution in [-0.2, 0) is 0 Å². The standard InChI is InChI=1S/C12H8O4.C5H14N2/c13-11(14)9-3-1-7-5-10(12(15)16)4-2-8(7)6-9;6-4-2-1-3-5-7/h1-6H,(H,13,14)(H,15,16);1-7H2. The molecule has 0 bridgehead atoms. The van der Waals surface area contributed by atoms with Crippen LogP contribution < -0.4 is 11.5 Å². The molecule has 2 aromatic carbocycles. The van der Waals surface area contributed by atoms with Crippen LogP contribution in [0.2, 0.25) is 0 Å². The summed E-state index contributed by atoms with van der Waals surface area (Å²) in [5.74, 6) is -1.99. The minimum absolute atomic E-state index is 0.190. The Hall–Kier alpha value is -2.44. The van der Waals surface area contributed by atoms with E-state index in [9.17, 15) is 9.59 Å². The molecule has 6 N–H and O–H groups in total. The van der Waals surface area contributed by atoms with Crippen LogP contribution in [0.3, 0.4) is 0 Å². The van der Waals surface area contributed by atoms with Crippen LogP contribution in [-0.4, -0.2) is 35.2 Å². The van der Waals surface area contributed by atoms with Crippen LogP contribution in [0.25, 0.3) is 10.8 Å². The second kappa shape index (κ2) is 9.55. The predicted octanol–water partition coefficient (Wildman–Crippen LogP) is 2.31. The first-order valence-corrected chi connectivity index (χ1v) is 7.40. The fourth-order valence-electron chi connectivity index (χ4n) is 1.98. The van der Waals surface area contributed by atoms with Gasteiger partial charge in [-0.15, -0.1) is 0 Å². The number of aromatic carboxylic acids is 2. The summed E-state index contributed by atoms with van der Waals surface area (Å²) in [5.41, 5.74) is 10.8. The number of unbranched alkanes of at least 4 members (excludes halogenated alkanes) is 2. The largest absolute Gasteiger partial charge is 0.478 e. The first-order valence-electron chi connectivity index (χ1n) is 7.40. The first-order chi connectivity index (χ1) is 11.0. The van der Waals surface area contributed by atoms with E-state index < -0.39 is 11.9 Å². The lowest BCUT2D eigenvalue weighted by molar-refractivity contribution is 0.0686. The number of carboxylic acid groups (broad SMARTS) is 2. The molecule has 0 unspecified atom stereocenters. The van der Waals surface area contributed by atoms with Crippen LogP contribution >= 0.6 is 0 Å². The predicted molar refractivity (Wildman–Crippen MR) is 89.8 cm³/mol. The van der Waals surface area contributed by atoms with Crippen molar-refractivity contribution in [2.75, 3.05) is 13.1 Å². The molecule has 0 amide bonds. The molecular formula is C17H22N2O4. The van der Waals surface area contributed by atoms with Crippen molar-refractivity contribution in [3.63, 3.8) is 0 Å². The Morgan fingerprint density at radius 2 is 1.13 bits per heavy atom. The lowest BCUT2D eigenvalue weighted by Crippen LogP contribution is -2.02. The van der Waals surface area contributed by atoms with Crippen molar-refractivity contribution >= 4 is 22.7 Å². The molecule has 0 spiro atoms. The third kappa shape index (κ3) is 6.06. The van der Waals surface area contributed by atoms with Gasteiger partial charge in [0, 0.05) is 0 Å². The monoisotopic (exact) mass is 318 g/mol. The molecule has 0 atom stereocenters. The van der Waals surface area contributed by atoms with E-state index in [0.717, 1.165) is 25.9 Å². The van der Waals surface area contributed by atoms with Gasteiger partial charge in [0.05, 0.1) is 11.1 Å². The summed E-state index contributed by atoms with van der Waals surface area (Å²) in [4.78, 5) is 21.5. The highest BCUT2D eigenvalue weighted by atomic mass is 16.4. The number of hydrogen-bond donors (Lipinski definition) is 4. The summed E-state index contributed by atoms with van der Waals surface area (Å²) >= 11 is 0. The molecule has 0 radical (unpaired) electrons. The van der Waals surface area contributed by atoms with Gasteiger partial charge in [0.25, 0.3) is 0 Å². The maximum atomic E-state index is 10.7. The van der Waals surface area contributed by atoms with Crippen molar-refractivity contribution in [1.29, 1.82) is 0 Å². The highest BCUT2D eigenvalue weighted by Gasteiger charge is 2.06. The van der Waals surface area contributed by atoms with Gasteiger partial charge in [0.1, 0.15) is 0 Å². The topological polar surface area (TPSA) is 127 Å². The zero-order chi connectivity index (χ0) is 17.2. The Morgan fingerprint density at radius 1 is 0.739 bits per heavy atom. The molecule has 0 fully saturated rings. The molecule has 6 nitrogen and oxygen atoms in total. The van der Waals surface area contributed by atoms with Gasteiger partial charge in [0.15, 0.2) is 0 Å². The normalized spacial score (nSPS) is 10.0. The van der Waals surface area contributed by atoms with Gasteiger partial charge in [-0.1, -0.05) is 18.6 Å². The van der Waals surface area contributed by atoms with E-state index in [4.69, 9.17) is 21.7 Å². The molecule has 0 aromatic heterocycles. The lowest BCUT2D eigenvalue weighted by atomic mass is 10.0. The first kappa shape index (κ1) is 18.6. The zero-order valence-corrected chi connectivity index (χ0v) is 12.9. The van der Waals surface area contributed by atoms with Crippen LogP contribution in [0.5, 0.6) is 0 Å². The molecule has 2 aromatic rings. The summed E-state index contributed by atoms with van der Waals surface area (Å²) in [6, 6.07) is 9.15. The molecule has 0 aliphatic heterocycles.